The number of aryl methyl sites for hydroxylation is 2. The van der Waals surface area contributed by atoms with E-state index in [1.807, 2.05) is 18.2 Å². The van der Waals surface area contributed by atoms with E-state index in [1.54, 1.807) is 36.4 Å². The molecule has 0 bridgehead atoms. The summed E-state index contributed by atoms with van der Waals surface area (Å²) in [6.45, 7) is 1.52. The Morgan fingerprint density at radius 1 is 1.12 bits per heavy atom. The van der Waals surface area contributed by atoms with Gasteiger partial charge in [-0.1, -0.05) is 36.1 Å². The number of ether oxygens (including phenoxy) is 1. The number of carboxylic acids is 1. The second-order valence-electron chi connectivity index (χ2n) is 7.17. The molecule has 166 valence electrons. The molecule has 0 saturated carbocycles. The zero-order valence-electron chi connectivity index (χ0n) is 18.5. The molecule has 1 heterocycles. The molecule has 0 aliphatic carbocycles. The van der Waals surface area contributed by atoms with Crippen LogP contribution in [0, 0.1) is 6.92 Å². The van der Waals surface area contributed by atoms with Crippen molar-refractivity contribution >= 4 is 17.7 Å². The molecule has 1 unspecified atom stereocenters. The van der Waals surface area contributed by atoms with E-state index in [1.165, 1.54) is 24.7 Å². The molecule has 0 saturated heterocycles. The zero-order chi connectivity index (χ0) is 23.3. The average molecular weight is 459 g/mol. The van der Waals surface area contributed by atoms with Gasteiger partial charge in [-0.25, -0.2) is 4.79 Å². The molecule has 9 nitrogen and oxygen atoms in total. The standard InChI is InChI=1S/C23H23N3O6.Na/c1-14-13-26(2)22(30)20(21(14)29)25-23(31)24-18(12-19(27)28)15-7-6-10-17(11-15)32-16-8-4-3-5-9-16;/h3-11,13,18,29H,12H2,1-2H3,(H,27,28)(H2,24,25,31);/q;+1/p-1. The van der Waals surface area contributed by atoms with Crippen LogP contribution in [0.3, 0.4) is 0 Å². The Morgan fingerprint density at radius 2 is 1.79 bits per heavy atom. The van der Waals surface area contributed by atoms with E-state index in [2.05, 4.69) is 10.6 Å². The second kappa shape index (κ2) is 11.6. The van der Waals surface area contributed by atoms with Crippen molar-refractivity contribution in [2.75, 3.05) is 5.32 Å². The van der Waals surface area contributed by atoms with Crippen molar-refractivity contribution in [1.29, 1.82) is 0 Å². The van der Waals surface area contributed by atoms with Crippen LogP contribution in [-0.2, 0) is 11.8 Å². The van der Waals surface area contributed by atoms with Crippen molar-refractivity contribution in [2.45, 2.75) is 19.4 Å². The number of aromatic nitrogens is 1. The number of aliphatic carboxylic acids is 1. The number of rotatable bonds is 7. The number of pyridine rings is 1. The minimum absolute atomic E-state index is 0. The van der Waals surface area contributed by atoms with Crippen LogP contribution in [0.1, 0.15) is 23.6 Å². The van der Waals surface area contributed by atoms with E-state index in [-0.39, 0.29) is 35.1 Å². The van der Waals surface area contributed by atoms with Gasteiger partial charge in [-0.3, -0.25) is 9.59 Å². The van der Waals surface area contributed by atoms with Gasteiger partial charge in [-0.15, -0.1) is 0 Å². The van der Waals surface area contributed by atoms with Gasteiger partial charge in [0.2, 0.25) is 0 Å². The fourth-order valence-electron chi connectivity index (χ4n) is 3.14. The number of hydrogen-bond acceptors (Lipinski definition) is 5. The molecule has 3 aromatic rings. The van der Waals surface area contributed by atoms with Crippen molar-refractivity contribution in [3.05, 3.63) is 82.3 Å². The maximum absolute atomic E-state index is 12.5. The third-order valence-electron chi connectivity index (χ3n) is 4.67. The number of para-hydroxylation sites is 1. The normalized spacial score (nSPS) is 11.1. The van der Waals surface area contributed by atoms with Crippen LogP contribution in [0.15, 0.2) is 65.6 Å². The molecule has 1 atom stereocenters. The largest absolute Gasteiger partial charge is 1.00 e. The van der Waals surface area contributed by atoms with Crippen LogP contribution in [-0.4, -0.2) is 21.7 Å². The summed E-state index contributed by atoms with van der Waals surface area (Å²) in [5, 5.41) is 26.4. The van der Waals surface area contributed by atoms with Crippen LogP contribution in [0.25, 0.3) is 0 Å². The summed E-state index contributed by atoms with van der Waals surface area (Å²) in [5.41, 5.74) is -0.297. The predicted molar refractivity (Wildman–Crippen MR) is 116 cm³/mol. The number of carbonyl (C=O) groups excluding carboxylic acids is 1. The Hall–Kier alpha value is -3.27. The van der Waals surface area contributed by atoms with Gasteiger partial charge < -0.3 is 30.2 Å². The van der Waals surface area contributed by atoms with Gasteiger partial charge in [0.05, 0.1) is 12.5 Å². The topological polar surface area (TPSA) is 133 Å². The number of nitrogens with one attached hydrogen (secondary N) is 2. The van der Waals surface area contributed by atoms with Gasteiger partial charge in [0.1, 0.15) is 17.2 Å². The first-order chi connectivity index (χ1) is 15.2. The Labute approximate surface area is 212 Å². The first-order valence-electron chi connectivity index (χ1n) is 9.74. The third-order valence-corrected chi connectivity index (χ3v) is 4.67. The van der Waals surface area contributed by atoms with Gasteiger partial charge >= 0.3 is 41.6 Å². The zero-order valence-corrected chi connectivity index (χ0v) is 20.5. The number of nitrogens with zero attached hydrogens (tertiary/aromatic N) is 1. The summed E-state index contributed by atoms with van der Waals surface area (Å²) in [6, 6.07) is 13.9. The third kappa shape index (κ3) is 6.85. The van der Waals surface area contributed by atoms with E-state index < -0.39 is 41.5 Å². The molecule has 0 aliphatic heterocycles. The number of anilines is 1. The van der Waals surface area contributed by atoms with Crippen molar-refractivity contribution < 1.29 is 54.1 Å². The second-order valence-corrected chi connectivity index (χ2v) is 7.17. The molecular formula is C23H22N3NaO6. The van der Waals surface area contributed by atoms with Crippen molar-refractivity contribution in [1.82, 2.24) is 9.88 Å². The van der Waals surface area contributed by atoms with Crippen LogP contribution in [0.5, 0.6) is 17.2 Å². The van der Waals surface area contributed by atoms with Gasteiger partial charge in [-0.2, -0.15) is 0 Å². The molecule has 0 radical (unpaired) electrons. The van der Waals surface area contributed by atoms with Gasteiger partial charge in [0.15, 0.2) is 0 Å². The number of benzene rings is 2. The summed E-state index contributed by atoms with van der Waals surface area (Å²) >= 11 is 0. The van der Waals surface area contributed by atoms with E-state index in [9.17, 15) is 24.6 Å². The minimum Gasteiger partial charge on any atom is -0.871 e. The van der Waals surface area contributed by atoms with Gasteiger partial charge in [0.25, 0.3) is 5.56 Å². The Kier molecular flexibility index (Phi) is 9.10. The summed E-state index contributed by atoms with van der Waals surface area (Å²) in [6.07, 6.45) is 0.956. The fourth-order valence-corrected chi connectivity index (χ4v) is 3.14. The van der Waals surface area contributed by atoms with E-state index >= 15 is 0 Å². The number of hydrogen-bond donors (Lipinski definition) is 3. The smallest absolute Gasteiger partial charge is 0.871 e. The monoisotopic (exact) mass is 459 g/mol. The summed E-state index contributed by atoms with van der Waals surface area (Å²) in [7, 11) is 1.46. The first kappa shape index (κ1) is 26.0. The molecule has 0 aliphatic rings. The van der Waals surface area contributed by atoms with Crippen molar-refractivity contribution in [3.8, 4) is 17.2 Å². The Bertz CT molecular complexity index is 1200. The number of carbonyl (C=O) groups is 2. The maximum Gasteiger partial charge on any atom is 1.00 e. The van der Waals surface area contributed by atoms with E-state index in [4.69, 9.17) is 4.74 Å². The van der Waals surface area contributed by atoms with Crippen LogP contribution < -0.4 is 55.6 Å². The van der Waals surface area contributed by atoms with Gasteiger partial charge in [0, 0.05) is 13.2 Å². The molecule has 3 rings (SSSR count). The number of urea groups is 1. The maximum atomic E-state index is 12.5. The van der Waals surface area contributed by atoms with E-state index in [0.29, 0.717) is 17.1 Å². The van der Waals surface area contributed by atoms with E-state index in [0.717, 1.165) is 0 Å². The quantitative estimate of drug-likeness (QED) is 0.423. The molecule has 1 aromatic heterocycles. The first-order valence-corrected chi connectivity index (χ1v) is 9.74. The minimum atomic E-state index is -1.14. The fraction of sp³-hybridized carbons (Fsp3) is 0.174. The summed E-state index contributed by atoms with van der Waals surface area (Å²) in [5.74, 6) is -0.680. The summed E-state index contributed by atoms with van der Waals surface area (Å²) < 4.78 is 6.96. The van der Waals surface area contributed by atoms with Crippen LogP contribution >= 0.6 is 0 Å². The van der Waals surface area contributed by atoms with Crippen LogP contribution in [0.2, 0.25) is 0 Å². The average Bonchev–Trinajstić information content (AvgIpc) is 2.75. The molecular weight excluding hydrogens is 437 g/mol. The Balaban J connectivity index is 0.00000385. The molecule has 10 heteroatoms. The number of carboxylic acid groups (broad SMARTS) is 1. The van der Waals surface area contributed by atoms with Gasteiger partial charge in [-0.05, 0) is 42.3 Å². The van der Waals surface area contributed by atoms with Crippen LogP contribution in [0.4, 0.5) is 10.5 Å². The molecule has 0 spiro atoms. The number of amides is 2. The Morgan fingerprint density at radius 3 is 2.45 bits per heavy atom. The molecule has 33 heavy (non-hydrogen) atoms. The molecule has 2 aromatic carbocycles. The predicted octanol–water partition coefficient (Wildman–Crippen LogP) is -0.0989. The van der Waals surface area contributed by atoms with Crippen molar-refractivity contribution in [2.24, 2.45) is 7.05 Å². The summed E-state index contributed by atoms with van der Waals surface area (Å²) in [4.78, 5) is 36.2. The molecule has 2 amide bonds. The molecule has 3 N–H and O–H groups in total. The SMILES string of the molecule is Cc1cn(C)c(=O)c(NC(=O)NC(CC(=O)O)c2cccc(Oc3ccccc3)c2)c1[O-].[Na+]. The molecule has 0 fully saturated rings. The van der Waals surface area contributed by atoms with Crippen molar-refractivity contribution in [3.63, 3.8) is 0 Å².